The number of anilines is 3. The van der Waals surface area contributed by atoms with Crippen molar-refractivity contribution in [3.05, 3.63) is 267 Å². The number of hydrogen-bond acceptors (Lipinski definition) is 2. The summed E-state index contributed by atoms with van der Waals surface area (Å²) in [7, 11) is 0. The molecule has 0 N–H and O–H groups in total. The highest BCUT2D eigenvalue weighted by atomic mass is 15.2. The third-order valence-electron chi connectivity index (χ3n) is 21.6. The van der Waals surface area contributed by atoms with Crippen molar-refractivity contribution in [1.29, 1.82) is 0 Å². The highest BCUT2D eigenvalue weighted by molar-refractivity contribution is 5.85. The summed E-state index contributed by atoms with van der Waals surface area (Å²) in [4.78, 5) is 5.11. The van der Waals surface area contributed by atoms with Crippen LogP contribution >= 0.6 is 0 Å². The van der Waals surface area contributed by atoms with Crippen molar-refractivity contribution in [2.24, 2.45) is 0 Å². The van der Waals surface area contributed by atoms with Crippen LogP contribution in [0.25, 0.3) is 22.3 Å². The number of rotatable bonds is 19. The molecule has 4 aliphatic rings. The van der Waals surface area contributed by atoms with E-state index in [0.717, 1.165) is 56.9 Å². The maximum atomic E-state index is 4.98. The summed E-state index contributed by atoms with van der Waals surface area (Å²) in [6.07, 6.45) is 16.4. The zero-order valence-corrected chi connectivity index (χ0v) is 52.2. The van der Waals surface area contributed by atoms with E-state index in [1.807, 2.05) is 6.08 Å². The fourth-order valence-electron chi connectivity index (χ4n) is 15.3. The molecule has 7 aromatic carbocycles. The molecule has 2 heteroatoms. The molecule has 0 bridgehead atoms. The summed E-state index contributed by atoms with van der Waals surface area (Å²) in [5.41, 5.74) is 30.3. The molecule has 0 fully saturated rings. The van der Waals surface area contributed by atoms with Gasteiger partial charge < -0.3 is 9.80 Å². The molecule has 4 unspecified atom stereocenters. The zero-order valence-electron chi connectivity index (χ0n) is 52.2. The number of aryl methyl sites for hydroxylation is 3. The van der Waals surface area contributed by atoms with Gasteiger partial charge in [0.2, 0.25) is 0 Å². The van der Waals surface area contributed by atoms with Crippen molar-refractivity contribution >= 4 is 17.1 Å². The van der Waals surface area contributed by atoms with Gasteiger partial charge in [0.1, 0.15) is 0 Å². The van der Waals surface area contributed by atoms with Crippen LogP contribution in [0.2, 0.25) is 0 Å². The van der Waals surface area contributed by atoms with Crippen molar-refractivity contribution in [3.8, 4) is 22.3 Å². The van der Waals surface area contributed by atoms with Gasteiger partial charge in [-0.3, -0.25) is 0 Å². The first kappa shape index (κ1) is 56.7. The van der Waals surface area contributed by atoms with Gasteiger partial charge in [0.25, 0.3) is 0 Å². The fraction of sp³-hybridized carbons (Fsp3) is 0.350. The van der Waals surface area contributed by atoms with Crippen LogP contribution in [0, 0.1) is 20.8 Å². The number of allylic oxidation sites excluding steroid dienone is 6. The average molecular weight is 1080 g/mol. The topological polar surface area (TPSA) is 6.48 Å². The fourth-order valence-corrected chi connectivity index (χ4v) is 15.3. The van der Waals surface area contributed by atoms with Crippen LogP contribution in [0.4, 0.5) is 17.1 Å². The Morgan fingerprint density at radius 1 is 0.537 bits per heavy atom. The Kier molecular flexibility index (Phi) is 14.3. The number of nitrogens with zero attached hydrogens (tertiary/aromatic N) is 2. The molecule has 4 aliphatic carbocycles. The van der Waals surface area contributed by atoms with Gasteiger partial charge in [0.15, 0.2) is 0 Å². The maximum absolute atomic E-state index is 4.98. The molecule has 0 saturated heterocycles. The minimum atomic E-state index is -0.292. The SMILES string of the molecule is C=C/C(C)=C\C=C\N(c1ccc(C)cc1)C(C)(CC)c1ccc2c(c1)C(C)(C)c1cc3c(cc1-2)CC3(CC)C(=C)CCC(=C)C(C)(CC)c1ccc2c(c1)C(C)(C)c1cc3c(cc1-2)CC3(CC)N(c1ccc(C)cc1)c1ccc(C)cc1. The molecule has 7 aromatic rings. The standard InChI is InChI=1S/C80H90N2/c1-18-52(6)24-23-43-81(62-35-25-53(7)26-36-62)78(17,20-3)61-34-42-66-67-44-58-50-79(21-4,69(58)48-73(67)76(14,15)72(66)47-61)57(11)32-31-56(10)77(16,19-2)60-33-41-65-68-45-59-51-80(22-5,70(59)49-74(68)75(12,13)71(65)46-60)82(63-37-27-54(8)28-38-63)64-39-29-55(9)30-40-64/h18,23-30,33-49H,1,10-11,19-22,31-32,50-51H2,2-9,12-17H3/b43-23+,52-24-. The van der Waals surface area contributed by atoms with Gasteiger partial charge in [-0.05, 0) is 200 Å². The monoisotopic (exact) mass is 1080 g/mol. The quantitative estimate of drug-likeness (QED) is 0.0588. The van der Waals surface area contributed by atoms with Gasteiger partial charge in [-0.1, -0.05) is 225 Å². The van der Waals surface area contributed by atoms with E-state index < -0.39 is 0 Å². The van der Waals surface area contributed by atoms with Crippen molar-refractivity contribution < 1.29 is 0 Å². The first-order valence-electron chi connectivity index (χ1n) is 30.8. The minimum Gasteiger partial charge on any atom is -0.338 e. The summed E-state index contributed by atoms with van der Waals surface area (Å²) in [6.45, 7) is 46.7. The Bertz CT molecular complexity index is 3710. The third kappa shape index (κ3) is 8.70. The van der Waals surface area contributed by atoms with E-state index in [9.17, 15) is 0 Å². The van der Waals surface area contributed by atoms with Crippen molar-refractivity contribution in [1.82, 2.24) is 0 Å². The van der Waals surface area contributed by atoms with Gasteiger partial charge >= 0.3 is 0 Å². The maximum Gasteiger partial charge on any atom is 0.0743 e. The second kappa shape index (κ2) is 20.6. The summed E-state index contributed by atoms with van der Waals surface area (Å²) < 4.78 is 0. The van der Waals surface area contributed by atoms with Crippen LogP contribution in [0.1, 0.15) is 187 Å². The largest absolute Gasteiger partial charge is 0.338 e. The Hall–Kier alpha value is -7.16. The summed E-state index contributed by atoms with van der Waals surface area (Å²) >= 11 is 0. The van der Waals surface area contributed by atoms with Crippen LogP contribution in [0.3, 0.4) is 0 Å². The molecule has 82 heavy (non-hydrogen) atoms. The predicted octanol–water partition coefficient (Wildman–Crippen LogP) is 21.5. The van der Waals surface area contributed by atoms with Gasteiger partial charge in [-0.2, -0.15) is 0 Å². The second-order valence-electron chi connectivity index (χ2n) is 26.7. The molecule has 0 heterocycles. The molecule has 0 saturated carbocycles. The molecule has 0 aliphatic heterocycles. The molecule has 2 nitrogen and oxygen atoms in total. The molecule has 11 rings (SSSR count). The lowest BCUT2D eigenvalue weighted by Crippen LogP contribution is -2.51. The van der Waals surface area contributed by atoms with Crippen LogP contribution < -0.4 is 9.80 Å². The third-order valence-corrected chi connectivity index (χ3v) is 21.6. The van der Waals surface area contributed by atoms with E-state index in [1.54, 1.807) is 0 Å². The molecular weight excluding hydrogens is 989 g/mol. The van der Waals surface area contributed by atoms with Crippen LogP contribution in [0.5, 0.6) is 0 Å². The Morgan fingerprint density at radius 3 is 1.52 bits per heavy atom. The highest BCUT2D eigenvalue weighted by Crippen LogP contribution is 2.60. The molecule has 0 aromatic heterocycles. The molecule has 0 radical (unpaired) electrons. The van der Waals surface area contributed by atoms with E-state index in [0.29, 0.717) is 0 Å². The number of fused-ring (bicyclic) bond motifs is 8. The first-order chi connectivity index (χ1) is 39.0. The smallest absolute Gasteiger partial charge is 0.0743 e. The Morgan fingerprint density at radius 2 is 1.02 bits per heavy atom. The second-order valence-corrected chi connectivity index (χ2v) is 26.7. The van der Waals surface area contributed by atoms with Gasteiger partial charge in [0, 0.05) is 51.3 Å². The Labute approximate surface area is 494 Å². The lowest BCUT2D eigenvalue weighted by molar-refractivity contribution is 0.362. The van der Waals surface area contributed by atoms with E-state index in [4.69, 9.17) is 13.2 Å². The normalized spacial score (nSPS) is 20.0. The predicted molar refractivity (Wildman–Crippen MR) is 353 cm³/mol. The van der Waals surface area contributed by atoms with E-state index in [1.165, 1.54) is 123 Å². The Balaban J connectivity index is 0.834. The van der Waals surface area contributed by atoms with Crippen LogP contribution in [-0.4, -0.2) is 0 Å². The highest BCUT2D eigenvalue weighted by Gasteiger charge is 2.51. The van der Waals surface area contributed by atoms with Crippen LogP contribution in [-0.2, 0) is 45.6 Å². The van der Waals surface area contributed by atoms with E-state index in [-0.39, 0.29) is 32.7 Å². The molecule has 4 atom stereocenters. The first-order valence-corrected chi connectivity index (χ1v) is 30.8. The lowest BCUT2D eigenvalue weighted by atomic mass is 9.57. The van der Waals surface area contributed by atoms with E-state index >= 15 is 0 Å². The molecule has 0 amide bonds. The number of hydrogen-bond donors (Lipinski definition) is 0. The summed E-state index contributed by atoms with van der Waals surface area (Å²) in [6, 6.07) is 52.4. The van der Waals surface area contributed by atoms with Crippen molar-refractivity contribution in [2.75, 3.05) is 9.80 Å². The minimum absolute atomic E-state index is 0.0409. The van der Waals surface area contributed by atoms with E-state index in [2.05, 4.69) is 265 Å². The zero-order chi connectivity index (χ0) is 58.5. The number of benzene rings is 7. The average Bonchev–Trinajstić information content (AvgIpc) is 2.27. The van der Waals surface area contributed by atoms with Gasteiger partial charge in [-0.15, -0.1) is 0 Å². The van der Waals surface area contributed by atoms with Crippen molar-refractivity contribution in [2.45, 2.75) is 181 Å². The summed E-state index contributed by atoms with van der Waals surface area (Å²) in [5, 5.41) is 0. The van der Waals surface area contributed by atoms with Gasteiger partial charge in [0.05, 0.1) is 11.1 Å². The molecule has 0 spiro atoms. The van der Waals surface area contributed by atoms with Gasteiger partial charge in [-0.25, -0.2) is 0 Å². The summed E-state index contributed by atoms with van der Waals surface area (Å²) in [5.74, 6) is 0. The van der Waals surface area contributed by atoms with Crippen LogP contribution in [0.15, 0.2) is 194 Å². The lowest BCUT2D eigenvalue weighted by Gasteiger charge is -2.53. The molecule has 420 valence electrons. The molecular formula is C80H90N2. The van der Waals surface area contributed by atoms with Crippen molar-refractivity contribution in [3.63, 3.8) is 0 Å².